The predicted octanol–water partition coefficient (Wildman–Crippen LogP) is 4.07. The van der Waals surface area contributed by atoms with Gasteiger partial charge in [0.05, 0.1) is 6.61 Å². The molecule has 0 atom stereocenters. The van der Waals surface area contributed by atoms with Gasteiger partial charge < -0.3 is 4.74 Å². The Kier molecular flexibility index (Phi) is 7.43. The summed E-state index contributed by atoms with van der Waals surface area (Å²) in [6, 6.07) is 17.3. The minimum atomic E-state index is -0.140. The van der Waals surface area contributed by atoms with Crippen molar-refractivity contribution in [3.05, 3.63) is 66.0 Å². The van der Waals surface area contributed by atoms with E-state index in [0.717, 1.165) is 25.4 Å². The second-order valence-corrected chi connectivity index (χ2v) is 6.17. The van der Waals surface area contributed by atoms with E-state index in [1.54, 1.807) is 24.9 Å². The maximum absolute atomic E-state index is 13.6. The second-order valence-electron chi connectivity index (χ2n) is 5.03. The van der Waals surface area contributed by atoms with Crippen LogP contribution in [0.1, 0.15) is 5.56 Å². The highest BCUT2D eigenvalue weighted by Gasteiger charge is 2.07. The van der Waals surface area contributed by atoms with E-state index in [9.17, 15) is 4.39 Å². The summed E-state index contributed by atoms with van der Waals surface area (Å²) < 4.78 is 18.8. The number of thioether (sulfide) groups is 1. The van der Waals surface area contributed by atoms with Gasteiger partial charge in [-0.25, -0.2) is 4.39 Å². The molecule has 0 unspecified atom stereocenters. The largest absolute Gasteiger partial charge is 0.383 e. The van der Waals surface area contributed by atoms with Crippen molar-refractivity contribution in [3.8, 4) is 0 Å². The van der Waals surface area contributed by atoms with Crippen LogP contribution in [0.25, 0.3) is 0 Å². The van der Waals surface area contributed by atoms with Gasteiger partial charge in [0.2, 0.25) is 0 Å². The van der Waals surface area contributed by atoms with Gasteiger partial charge in [-0.1, -0.05) is 42.5 Å². The Morgan fingerprint density at radius 1 is 1.00 bits per heavy atom. The van der Waals surface area contributed by atoms with Crippen LogP contribution >= 0.6 is 11.8 Å². The van der Waals surface area contributed by atoms with Crippen LogP contribution in [0.5, 0.6) is 0 Å². The van der Waals surface area contributed by atoms with E-state index >= 15 is 0 Å². The minimum Gasteiger partial charge on any atom is -0.383 e. The Morgan fingerprint density at radius 3 is 2.45 bits per heavy atom. The van der Waals surface area contributed by atoms with E-state index in [1.165, 1.54) is 11.6 Å². The van der Waals surface area contributed by atoms with Crippen LogP contribution in [0.2, 0.25) is 0 Å². The number of hydrogen-bond donors (Lipinski definition) is 0. The fraction of sp³-hybridized carbons (Fsp3) is 0.333. The molecule has 0 N–H and O–H groups in total. The Morgan fingerprint density at radius 2 is 1.73 bits per heavy atom. The predicted molar refractivity (Wildman–Crippen MR) is 90.7 cm³/mol. The average Bonchev–Trinajstić information content (AvgIpc) is 2.55. The van der Waals surface area contributed by atoms with Crippen molar-refractivity contribution in [2.45, 2.75) is 11.4 Å². The van der Waals surface area contributed by atoms with Gasteiger partial charge in [0.25, 0.3) is 0 Å². The van der Waals surface area contributed by atoms with Crippen molar-refractivity contribution in [2.75, 3.05) is 32.6 Å². The van der Waals surface area contributed by atoms with Crippen LogP contribution in [-0.4, -0.2) is 37.5 Å². The molecule has 118 valence electrons. The van der Waals surface area contributed by atoms with Gasteiger partial charge in [-0.05, 0) is 17.7 Å². The summed E-state index contributed by atoms with van der Waals surface area (Å²) >= 11 is 1.56. The van der Waals surface area contributed by atoms with Crippen LogP contribution in [0, 0.1) is 5.82 Å². The molecule has 0 fully saturated rings. The standard InChI is InChI=1S/C18H22FNOS/c1-21-13-11-20(15-16-7-3-2-4-8-16)12-14-22-18-10-6-5-9-17(18)19/h2-10H,11-15H2,1H3. The van der Waals surface area contributed by atoms with Crippen LogP contribution < -0.4 is 0 Å². The minimum absolute atomic E-state index is 0.140. The fourth-order valence-electron chi connectivity index (χ4n) is 2.18. The zero-order valence-electron chi connectivity index (χ0n) is 12.9. The molecule has 4 heteroatoms. The molecule has 0 aromatic heterocycles. The van der Waals surface area contributed by atoms with Gasteiger partial charge in [0.15, 0.2) is 0 Å². The Hall–Kier alpha value is -1.36. The highest BCUT2D eigenvalue weighted by molar-refractivity contribution is 7.99. The van der Waals surface area contributed by atoms with E-state index in [0.29, 0.717) is 11.5 Å². The van der Waals surface area contributed by atoms with Crippen LogP contribution in [-0.2, 0) is 11.3 Å². The molecular weight excluding hydrogens is 297 g/mol. The summed E-state index contributed by atoms with van der Waals surface area (Å²) in [5.74, 6) is 0.719. The third-order valence-corrected chi connectivity index (χ3v) is 4.39. The van der Waals surface area contributed by atoms with Gasteiger partial charge in [0, 0.05) is 37.4 Å². The molecule has 2 nitrogen and oxygen atoms in total. The molecule has 0 saturated heterocycles. The summed E-state index contributed by atoms with van der Waals surface area (Å²) in [6.45, 7) is 3.37. The number of benzene rings is 2. The smallest absolute Gasteiger partial charge is 0.136 e. The summed E-state index contributed by atoms with van der Waals surface area (Å²) in [4.78, 5) is 3.06. The molecule has 0 aliphatic carbocycles. The van der Waals surface area contributed by atoms with Crippen molar-refractivity contribution >= 4 is 11.8 Å². The number of methoxy groups -OCH3 is 1. The number of nitrogens with zero attached hydrogens (tertiary/aromatic N) is 1. The highest BCUT2D eigenvalue weighted by atomic mass is 32.2. The molecular formula is C18H22FNOS. The Labute approximate surface area is 136 Å². The molecule has 0 spiro atoms. The zero-order valence-corrected chi connectivity index (χ0v) is 13.7. The van der Waals surface area contributed by atoms with Crippen molar-refractivity contribution in [2.24, 2.45) is 0 Å². The molecule has 2 rings (SSSR count). The van der Waals surface area contributed by atoms with Crippen LogP contribution in [0.4, 0.5) is 4.39 Å². The first-order chi connectivity index (χ1) is 10.8. The van der Waals surface area contributed by atoms with Gasteiger partial charge in [-0.2, -0.15) is 0 Å². The molecule has 0 aliphatic heterocycles. The van der Waals surface area contributed by atoms with Crippen molar-refractivity contribution in [3.63, 3.8) is 0 Å². The van der Waals surface area contributed by atoms with E-state index in [2.05, 4.69) is 29.2 Å². The summed E-state index contributed by atoms with van der Waals surface area (Å²) in [5.41, 5.74) is 1.29. The topological polar surface area (TPSA) is 12.5 Å². The molecule has 2 aromatic rings. The zero-order chi connectivity index (χ0) is 15.6. The lowest BCUT2D eigenvalue weighted by Crippen LogP contribution is -2.29. The first kappa shape index (κ1) is 17.0. The van der Waals surface area contributed by atoms with Gasteiger partial charge in [-0.15, -0.1) is 11.8 Å². The second kappa shape index (κ2) is 9.62. The summed E-state index contributed by atoms with van der Waals surface area (Å²) in [5, 5.41) is 0. The molecule has 0 radical (unpaired) electrons. The Balaban J connectivity index is 1.85. The molecule has 22 heavy (non-hydrogen) atoms. The fourth-order valence-corrected chi connectivity index (χ4v) is 3.13. The molecule has 2 aromatic carbocycles. The van der Waals surface area contributed by atoms with E-state index in [4.69, 9.17) is 4.74 Å². The van der Waals surface area contributed by atoms with E-state index in [1.807, 2.05) is 18.2 Å². The van der Waals surface area contributed by atoms with Crippen molar-refractivity contribution in [1.82, 2.24) is 4.90 Å². The lowest BCUT2D eigenvalue weighted by molar-refractivity contribution is 0.148. The third-order valence-electron chi connectivity index (χ3n) is 3.36. The van der Waals surface area contributed by atoms with E-state index < -0.39 is 0 Å². The summed E-state index contributed by atoms with van der Waals surface area (Å²) in [6.07, 6.45) is 0. The first-order valence-corrected chi connectivity index (χ1v) is 8.40. The average molecular weight is 319 g/mol. The molecule has 0 heterocycles. The van der Waals surface area contributed by atoms with Crippen LogP contribution in [0.15, 0.2) is 59.5 Å². The molecule has 0 amide bonds. The van der Waals surface area contributed by atoms with Crippen LogP contribution in [0.3, 0.4) is 0 Å². The lowest BCUT2D eigenvalue weighted by Gasteiger charge is -2.22. The molecule has 0 bridgehead atoms. The highest BCUT2D eigenvalue weighted by Crippen LogP contribution is 2.21. The van der Waals surface area contributed by atoms with Crippen molar-refractivity contribution < 1.29 is 9.13 Å². The third kappa shape index (κ3) is 5.79. The van der Waals surface area contributed by atoms with Gasteiger partial charge >= 0.3 is 0 Å². The van der Waals surface area contributed by atoms with Gasteiger partial charge in [0.1, 0.15) is 5.82 Å². The monoisotopic (exact) mass is 319 g/mol. The quantitative estimate of drug-likeness (QED) is 0.647. The SMILES string of the molecule is COCCN(CCSc1ccccc1F)Cc1ccccc1. The maximum Gasteiger partial charge on any atom is 0.136 e. The number of hydrogen-bond acceptors (Lipinski definition) is 3. The number of halogens is 1. The normalized spacial score (nSPS) is 11.0. The Bertz CT molecular complexity index is 550. The number of ether oxygens (including phenoxy) is 1. The molecule has 0 aliphatic rings. The van der Waals surface area contributed by atoms with Gasteiger partial charge in [-0.3, -0.25) is 4.90 Å². The lowest BCUT2D eigenvalue weighted by atomic mass is 10.2. The number of rotatable bonds is 9. The van der Waals surface area contributed by atoms with E-state index in [-0.39, 0.29) is 5.82 Å². The van der Waals surface area contributed by atoms with Crippen molar-refractivity contribution in [1.29, 1.82) is 0 Å². The first-order valence-electron chi connectivity index (χ1n) is 7.42. The molecule has 0 saturated carbocycles. The maximum atomic E-state index is 13.6. The summed E-state index contributed by atoms with van der Waals surface area (Å²) in [7, 11) is 1.72.